The summed E-state index contributed by atoms with van der Waals surface area (Å²) in [5.74, 6) is -2.28. The fourth-order valence-electron chi connectivity index (χ4n) is 5.23. The van der Waals surface area contributed by atoms with Crippen LogP contribution in [0.2, 0.25) is 0 Å². The first-order valence-electron chi connectivity index (χ1n) is 10.3. The molecule has 9 heteroatoms. The fraction of sp³-hybridized carbons (Fsp3) is 0.524. The summed E-state index contributed by atoms with van der Waals surface area (Å²) in [4.78, 5) is 50.6. The molecule has 158 valence electrons. The van der Waals surface area contributed by atoms with Gasteiger partial charge in [0.15, 0.2) is 0 Å². The zero-order chi connectivity index (χ0) is 21.0. The van der Waals surface area contributed by atoms with E-state index in [4.69, 9.17) is 4.74 Å². The van der Waals surface area contributed by atoms with E-state index in [1.807, 2.05) is 0 Å². The van der Waals surface area contributed by atoms with Gasteiger partial charge in [-0.25, -0.2) is 4.39 Å². The van der Waals surface area contributed by atoms with Crippen LogP contribution < -0.4 is 10.6 Å². The highest BCUT2D eigenvalue weighted by Crippen LogP contribution is 2.38. The number of amides is 4. The Balaban J connectivity index is 1.44. The number of ether oxygens (including phenoxy) is 1. The number of rotatable bonds is 3. The molecule has 8 nitrogen and oxygen atoms in total. The van der Waals surface area contributed by atoms with Crippen LogP contribution in [-0.4, -0.2) is 53.8 Å². The minimum Gasteiger partial charge on any atom is -0.381 e. The second-order valence-corrected chi connectivity index (χ2v) is 8.61. The van der Waals surface area contributed by atoms with Crippen molar-refractivity contribution >= 4 is 29.3 Å². The van der Waals surface area contributed by atoms with Gasteiger partial charge >= 0.3 is 0 Å². The highest BCUT2D eigenvalue weighted by Gasteiger charge is 2.46. The SMILES string of the molecule is O=C1CCC(N2C(=O)c3ccc(F)c(NC4C[C@H]5COC[C@@H](C4)C5)c3C2=O)C(=O)N1. The molecule has 1 aromatic carbocycles. The summed E-state index contributed by atoms with van der Waals surface area (Å²) in [6.07, 6.45) is 2.80. The summed E-state index contributed by atoms with van der Waals surface area (Å²) in [5, 5.41) is 5.35. The van der Waals surface area contributed by atoms with E-state index in [0.29, 0.717) is 25.0 Å². The third-order valence-electron chi connectivity index (χ3n) is 6.52. The Labute approximate surface area is 172 Å². The number of nitrogens with zero attached hydrogens (tertiary/aromatic N) is 1. The number of hydrogen-bond donors (Lipinski definition) is 2. The van der Waals surface area contributed by atoms with E-state index in [0.717, 1.165) is 24.2 Å². The van der Waals surface area contributed by atoms with Crippen LogP contribution >= 0.6 is 0 Å². The quantitative estimate of drug-likeness (QED) is 0.725. The van der Waals surface area contributed by atoms with Crippen molar-refractivity contribution in [3.8, 4) is 0 Å². The van der Waals surface area contributed by atoms with Gasteiger partial charge in [0, 0.05) is 25.7 Å². The second-order valence-electron chi connectivity index (χ2n) is 8.61. The maximum absolute atomic E-state index is 14.8. The van der Waals surface area contributed by atoms with Crippen molar-refractivity contribution in [2.75, 3.05) is 18.5 Å². The van der Waals surface area contributed by atoms with Gasteiger partial charge in [-0.1, -0.05) is 0 Å². The molecule has 4 aliphatic rings. The van der Waals surface area contributed by atoms with Crippen molar-refractivity contribution in [1.82, 2.24) is 10.2 Å². The van der Waals surface area contributed by atoms with Crippen LogP contribution in [0.1, 0.15) is 52.8 Å². The lowest BCUT2D eigenvalue weighted by Crippen LogP contribution is -2.54. The Hall–Kier alpha value is -2.81. The molecule has 30 heavy (non-hydrogen) atoms. The van der Waals surface area contributed by atoms with Crippen LogP contribution in [0.25, 0.3) is 0 Å². The molecule has 5 rings (SSSR count). The van der Waals surface area contributed by atoms with Crippen LogP contribution in [0.3, 0.4) is 0 Å². The Morgan fingerprint density at radius 3 is 2.47 bits per heavy atom. The number of halogens is 1. The van der Waals surface area contributed by atoms with Gasteiger partial charge in [0.25, 0.3) is 11.8 Å². The first kappa shape index (κ1) is 19.2. The molecule has 4 amide bonds. The lowest BCUT2D eigenvalue weighted by Gasteiger charge is -2.39. The monoisotopic (exact) mass is 415 g/mol. The van der Waals surface area contributed by atoms with E-state index in [9.17, 15) is 23.6 Å². The number of benzene rings is 1. The van der Waals surface area contributed by atoms with E-state index in [1.54, 1.807) is 0 Å². The summed E-state index contributed by atoms with van der Waals surface area (Å²) in [6, 6.07) is 1.36. The minimum absolute atomic E-state index is 0.0199. The molecule has 0 radical (unpaired) electrons. The predicted molar refractivity (Wildman–Crippen MR) is 102 cm³/mol. The summed E-state index contributed by atoms with van der Waals surface area (Å²) < 4.78 is 20.4. The van der Waals surface area contributed by atoms with E-state index in [1.165, 1.54) is 12.1 Å². The average Bonchev–Trinajstić information content (AvgIpc) is 2.95. The number of hydrogen-bond acceptors (Lipinski definition) is 6. The normalized spacial score (nSPS) is 30.9. The predicted octanol–water partition coefficient (Wildman–Crippen LogP) is 1.45. The van der Waals surface area contributed by atoms with Crippen molar-refractivity contribution < 1.29 is 28.3 Å². The first-order valence-corrected chi connectivity index (χ1v) is 10.3. The van der Waals surface area contributed by atoms with Crippen LogP contribution in [0.15, 0.2) is 12.1 Å². The van der Waals surface area contributed by atoms with Crippen molar-refractivity contribution in [2.24, 2.45) is 11.8 Å². The lowest BCUT2D eigenvalue weighted by atomic mass is 9.77. The van der Waals surface area contributed by atoms with E-state index in [2.05, 4.69) is 10.6 Å². The first-order chi connectivity index (χ1) is 14.4. The molecule has 2 bridgehead atoms. The number of anilines is 1. The van der Waals surface area contributed by atoms with Crippen molar-refractivity contribution in [3.05, 3.63) is 29.1 Å². The summed E-state index contributed by atoms with van der Waals surface area (Å²) in [5.41, 5.74) is 0.0659. The van der Waals surface area contributed by atoms with E-state index >= 15 is 0 Å². The summed E-state index contributed by atoms with van der Waals surface area (Å²) in [7, 11) is 0. The lowest BCUT2D eigenvalue weighted by molar-refractivity contribution is -0.136. The zero-order valence-electron chi connectivity index (χ0n) is 16.3. The molecular formula is C21H22FN3O5. The number of carbonyl (C=O) groups excluding carboxylic acids is 4. The van der Waals surface area contributed by atoms with Gasteiger partial charge < -0.3 is 10.1 Å². The molecule has 0 spiro atoms. The summed E-state index contributed by atoms with van der Waals surface area (Å²) in [6.45, 7) is 1.37. The van der Waals surface area contributed by atoms with Crippen LogP contribution in [0, 0.1) is 17.7 Å². The van der Waals surface area contributed by atoms with Crippen LogP contribution in [-0.2, 0) is 14.3 Å². The zero-order valence-corrected chi connectivity index (χ0v) is 16.3. The Kier molecular flexibility index (Phi) is 4.57. The third kappa shape index (κ3) is 3.08. The standard InChI is InChI=1S/C21H22FN3O5/c22-14-2-1-13-17(18(14)23-12-6-10-5-11(7-12)9-30-8-10)21(29)25(20(13)28)15-3-4-16(26)24-19(15)27/h1-2,10-12,15,23H,3-9H2,(H,24,26,27)/t10-,11+,12?,15?. The molecule has 1 saturated carbocycles. The van der Waals surface area contributed by atoms with Crippen LogP contribution in [0.5, 0.6) is 0 Å². The van der Waals surface area contributed by atoms with Gasteiger partial charge in [0.1, 0.15) is 11.9 Å². The Bertz CT molecular complexity index is 952. The molecule has 3 aliphatic heterocycles. The topological polar surface area (TPSA) is 105 Å². The van der Waals surface area contributed by atoms with Gasteiger partial charge in [0.05, 0.1) is 16.8 Å². The smallest absolute Gasteiger partial charge is 0.264 e. The highest BCUT2D eigenvalue weighted by molar-refractivity contribution is 6.25. The third-order valence-corrected chi connectivity index (χ3v) is 6.52. The molecule has 0 aromatic heterocycles. The van der Waals surface area contributed by atoms with Gasteiger partial charge in [-0.2, -0.15) is 0 Å². The van der Waals surface area contributed by atoms with Crippen molar-refractivity contribution in [2.45, 2.75) is 44.2 Å². The maximum Gasteiger partial charge on any atom is 0.264 e. The highest BCUT2D eigenvalue weighted by atomic mass is 19.1. The summed E-state index contributed by atoms with van der Waals surface area (Å²) >= 11 is 0. The maximum atomic E-state index is 14.8. The minimum atomic E-state index is -1.07. The number of carbonyl (C=O) groups is 4. The number of piperidine rings is 1. The fourth-order valence-corrected chi connectivity index (χ4v) is 5.23. The van der Waals surface area contributed by atoms with E-state index in [-0.39, 0.29) is 35.7 Å². The van der Waals surface area contributed by atoms with E-state index < -0.39 is 35.5 Å². The van der Waals surface area contributed by atoms with Gasteiger partial charge in [-0.15, -0.1) is 0 Å². The van der Waals surface area contributed by atoms with Crippen molar-refractivity contribution in [1.29, 1.82) is 0 Å². The largest absolute Gasteiger partial charge is 0.381 e. The molecule has 4 atom stereocenters. The van der Waals surface area contributed by atoms with Gasteiger partial charge in [-0.05, 0) is 49.7 Å². The molecule has 2 saturated heterocycles. The second kappa shape index (κ2) is 7.16. The van der Waals surface area contributed by atoms with Gasteiger partial charge in [0.2, 0.25) is 11.8 Å². The van der Waals surface area contributed by atoms with Crippen molar-refractivity contribution in [3.63, 3.8) is 0 Å². The average molecular weight is 415 g/mol. The number of nitrogens with one attached hydrogen (secondary N) is 2. The molecule has 3 fully saturated rings. The molecule has 3 heterocycles. The molecule has 2 N–H and O–H groups in total. The molecule has 2 unspecified atom stereocenters. The molecule has 1 aliphatic carbocycles. The van der Waals surface area contributed by atoms with Crippen LogP contribution in [0.4, 0.5) is 10.1 Å². The van der Waals surface area contributed by atoms with Gasteiger partial charge in [-0.3, -0.25) is 29.4 Å². The molecule has 1 aromatic rings. The number of imide groups is 2. The molecular weight excluding hydrogens is 393 g/mol. The Morgan fingerprint density at radius 1 is 1.03 bits per heavy atom. The number of fused-ring (bicyclic) bond motifs is 3. The Morgan fingerprint density at radius 2 is 1.77 bits per heavy atom.